The third-order valence-corrected chi connectivity index (χ3v) is 3.64. The van der Waals surface area contributed by atoms with E-state index >= 15 is 0 Å². The second-order valence-electron chi connectivity index (χ2n) is 3.86. The highest BCUT2D eigenvalue weighted by atomic mass is 35.5. The number of halogens is 1. The van der Waals surface area contributed by atoms with E-state index in [0.717, 1.165) is 11.3 Å². The highest BCUT2D eigenvalue weighted by Crippen LogP contribution is 2.14. The van der Waals surface area contributed by atoms with Gasteiger partial charge >= 0.3 is 0 Å². The zero-order valence-corrected chi connectivity index (χ0v) is 11.4. The summed E-state index contributed by atoms with van der Waals surface area (Å²) >= 11 is 7.52. The van der Waals surface area contributed by atoms with Crippen LogP contribution in [0.4, 0.5) is 0 Å². The molecule has 1 aromatic carbocycles. The van der Waals surface area contributed by atoms with Crippen LogP contribution < -0.4 is 11.1 Å². The molecule has 0 aliphatic heterocycles. The van der Waals surface area contributed by atoms with Gasteiger partial charge in [-0.05, 0) is 18.6 Å². The van der Waals surface area contributed by atoms with Gasteiger partial charge in [0.25, 0.3) is 0 Å². The highest BCUT2D eigenvalue weighted by Gasteiger charge is 2.04. The molecule has 1 aromatic rings. The summed E-state index contributed by atoms with van der Waals surface area (Å²) in [5, 5.41) is 3.51. The lowest BCUT2D eigenvalue weighted by atomic mass is 10.2. The first-order valence-corrected chi connectivity index (χ1v) is 6.96. The van der Waals surface area contributed by atoms with Gasteiger partial charge in [-0.1, -0.05) is 29.8 Å². The van der Waals surface area contributed by atoms with Gasteiger partial charge in [-0.3, -0.25) is 4.79 Å². The molecule has 17 heavy (non-hydrogen) atoms. The topological polar surface area (TPSA) is 55.1 Å². The van der Waals surface area contributed by atoms with Crippen molar-refractivity contribution in [3.8, 4) is 0 Å². The Hall–Kier alpha value is -0.710. The average molecular weight is 273 g/mol. The molecule has 0 bridgehead atoms. The molecular formula is C12H17ClN2OS. The lowest BCUT2D eigenvalue weighted by Crippen LogP contribution is -2.26. The van der Waals surface area contributed by atoms with Gasteiger partial charge in [0.2, 0.25) is 5.91 Å². The lowest BCUT2D eigenvalue weighted by molar-refractivity contribution is -0.118. The lowest BCUT2D eigenvalue weighted by Gasteiger charge is -2.07. The molecule has 1 amide bonds. The Kier molecular flexibility index (Phi) is 6.40. The largest absolute Gasteiger partial charge is 0.351 e. The molecule has 1 rings (SSSR count). The van der Waals surface area contributed by atoms with Crippen molar-refractivity contribution in [2.45, 2.75) is 19.5 Å². The number of nitrogens with one attached hydrogen (secondary N) is 1. The van der Waals surface area contributed by atoms with Crippen LogP contribution in [-0.4, -0.2) is 23.5 Å². The van der Waals surface area contributed by atoms with E-state index in [1.807, 2.05) is 31.2 Å². The standard InChI is InChI=1S/C12H17ClN2OS/c1-9(14)7-17-8-12(16)15-6-10-4-2-3-5-11(10)13/h2-5,9H,6-8,14H2,1H3,(H,15,16). The Morgan fingerprint density at radius 1 is 1.53 bits per heavy atom. The van der Waals surface area contributed by atoms with E-state index in [4.69, 9.17) is 17.3 Å². The van der Waals surface area contributed by atoms with E-state index in [-0.39, 0.29) is 11.9 Å². The minimum absolute atomic E-state index is 0.00979. The summed E-state index contributed by atoms with van der Waals surface area (Å²) in [6.45, 7) is 2.39. The number of hydrogen-bond donors (Lipinski definition) is 2. The van der Waals surface area contributed by atoms with Crippen LogP contribution in [0.2, 0.25) is 5.02 Å². The van der Waals surface area contributed by atoms with Crippen molar-refractivity contribution in [2.24, 2.45) is 5.73 Å². The Morgan fingerprint density at radius 2 is 2.24 bits per heavy atom. The van der Waals surface area contributed by atoms with Gasteiger partial charge in [-0.2, -0.15) is 11.8 Å². The third kappa shape index (κ3) is 5.96. The minimum atomic E-state index is 0.00979. The molecule has 0 saturated carbocycles. The molecule has 1 unspecified atom stereocenters. The second-order valence-corrected chi connectivity index (χ2v) is 5.30. The van der Waals surface area contributed by atoms with Gasteiger partial charge in [-0.15, -0.1) is 0 Å². The van der Waals surface area contributed by atoms with Gasteiger partial charge < -0.3 is 11.1 Å². The predicted octanol–water partition coefficient (Wildman–Crippen LogP) is 2.04. The molecule has 3 nitrogen and oxygen atoms in total. The van der Waals surface area contributed by atoms with E-state index in [2.05, 4.69) is 5.32 Å². The molecule has 0 aliphatic rings. The minimum Gasteiger partial charge on any atom is -0.351 e. The predicted molar refractivity (Wildman–Crippen MR) is 74.3 cm³/mol. The Morgan fingerprint density at radius 3 is 2.88 bits per heavy atom. The zero-order chi connectivity index (χ0) is 12.7. The molecule has 0 spiro atoms. The van der Waals surface area contributed by atoms with Crippen LogP contribution in [0.25, 0.3) is 0 Å². The smallest absolute Gasteiger partial charge is 0.230 e. The number of benzene rings is 1. The molecular weight excluding hydrogens is 256 g/mol. The molecule has 0 fully saturated rings. The van der Waals surface area contributed by atoms with E-state index in [0.29, 0.717) is 17.3 Å². The Balaban J connectivity index is 2.26. The molecule has 0 heterocycles. The maximum absolute atomic E-state index is 11.5. The maximum atomic E-state index is 11.5. The first-order valence-electron chi connectivity index (χ1n) is 5.43. The van der Waals surface area contributed by atoms with E-state index in [9.17, 15) is 4.79 Å². The van der Waals surface area contributed by atoms with Crippen molar-refractivity contribution in [2.75, 3.05) is 11.5 Å². The molecule has 94 valence electrons. The summed E-state index contributed by atoms with van der Waals surface area (Å²) in [5.74, 6) is 1.24. The number of hydrogen-bond acceptors (Lipinski definition) is 3. The molecule has 3 N–H and O–H groups in total. The number of nitrogens with two attached hydrogens (primary N) is 1. The first-order chi connectivity index (χ1) is 8.09. The van der Waals surface area contributed by atoms with E-state index < -0.39 is 0 Å². The van der Waals surface area contributed by atoms with Gasteiger partial charge in [0, 0.05) is 23.4 Å². The number of thioether (sulfide) groups is 1. The third-order valence-electron chi connectivity index (χ3n) is 2.05. The molecule has 5 heteroatoms. The molecule has 1 atom stereocenters. The average Bonchev–Trinajstić information content (AvgIpc) is 2.27. The summed E-state index contributed by atoms with van der Waals surface area (Å²) in [4.78, 5) is 11.5. The van der Waals surface area contributed by atoms with E-state index in [1.54, 1.807) is 0 Å². The van der Waals surface area contributed by atoms with Crippen LogP contribution in [0, 0.1) is 0 Å². The summed E-state index contributed by atoms with van der Waals surface area (Å²) in [7, 11) is 0. The number of rotatable bonds is 6. The van der Waals surface area contributed by atoms with Crippen LogP contribution in [0.3, 0.4) is 0 Å². The van der Waals surface area contributed by atoms with Crippen LogP contribution >= 0.6 is 23.4 Å². The Bertz CT molecular complexity index is 371. The van der Waals surface area contributed by atoms with Crippen molar-refractivity contribution in [3.05, 3.63) is 34.9 Å². The Labute approximate surface area is 111 Å². The van der Waals surface area contributed by atoms with Gasteiger partial charge in [0.05, 0.1) is 5.75 Å². The highest BCUT2D eigenvalue weighted by molar-refractivity contribution is 7.99. The van der Waals surface area contributed by atoms with Gasteiger partial charge in [-0.25, -0.2) is 0 Å². The maximum Gasteiger partial charge on any atom is 0.230 e. The number of carbonyl (C=O) groups is 1. The molecule has 0 aromatic heterocycles. The van der Waals surface area contributed by atoms with Crippen molar-refractivity contribution < 1.29 is 4.79 Å². The molecule has 0 aliphatic carbocycles. The zero-order valence-electron chi connectivity index (χ0n) is 9.78. The fourth-order valence-electron chi connectivity index (χ4n) is 1.22. The first kappa shape index (κ1) is 14.4. The van der Waals surface area contributed by atoms with Crippen LogP contribution in [-0.2, 0) is 11.3 Å². The summed E-state index contributed by atoms with van der Waals surface area (Å²) in [6, 6.07) is 7.60. The van der Waals surface area contributed by atoms with Crippen LogP contribution in [0.15, 0.2) is 24.3 Å². The van der Waals surface area contributed by atoms with Crippen molar-refractivity contribution in [1.82, 2.24) is 5.32 Å². The van der Waals surface area contributed by atoms with Gasteiger partial charge in [0.15, 0.2) is 0 Å². The summed E-state index contributed by atoms with van der Waals surface area (Å²) in [5.41, 5.74) is 6.52. The number of carbonyl (C=O) groups excluding carboxylic acids is 1. The fraction of sp³-hybridized carbons (Fsp3) is 0.417. The summed E-state index contributed by atoms with van der Waals surface area (Å²) < 4.78 is 0. The fourth-order valence-corrected chi connectivity index (χ4v) is 2.20. The summed E-state index contributed by atoms with van der Waals surface area (Å²) in [6.07, 6.45) is 0. The van der Waals surface area contributed by atoms with Crippen molar-refractivity contribution >= 4 is 29.3 Å². The van der Waals surface area contributed by atoms with E-state index in [1.165, 1.54) is 11.8 Å². The SMILES string of the molecule is CC(N)CSCC(=O)NCc1ccccc1Cl. The van der Waals surface area contributed by atoms with Gasteiger partial charge in [0.1, 0.15) is 0 Å². The normalized spacial score (nSPS) is 12.2. The van der Waals surface area contributed by atoms with Crippen LogP contribution in [0.5, 0.6) is 0 Å². The van der Waals surface area contributed by atoms with Crippen LogP contribution in [0.1, 0.15) is 12.5 Å². The second kappa shape index (κ2) is 7.58. The van der Waals surface area contributed by atoms with Crippen molar-refractivity contribution in [3.63, 3.8) is 0 Å². The number of amides is 1. The monoisotopic (exact) mass is 272 g/mol. The van der Waals surface area contributed by atoms with Crippen molar-refractivity contribution in [1.29, 1.82) is 0 Å². The molecule has 0 saturated heterocycles. The molecule has 0 radical (unpaired) electrons. The quantitative estimate of drug-likeness (QED) is 0.833.